The predicted octanol–water partition coefficient (Wildman–Crippen LogP) is 2.51. The lowest BCUT2D eigenvalue weighted by Gasteiger charge is -2.34. The SMILES string of the molecule is C=C(C)CN(COC(C)[C@H](C)B1OC(C)(C)C(C)(C)O1)C1CCC(=O)NC1=O. The second kappa shape index (κ2) is 8.65. The van der Waals surface area contributed by atoms with Crippen LogP contribution in [0.5, 0.6) is 0 Å². The van der Waals surface area contributed by atoms with Gasteiger partial charge in [-0.2, -0.15) is 0 Å². The molecule has 2 rings (SSSR count). The number of piperidine rings is 1. The number of nitrogens with one attached hydrogen (secondary N) is 1. The third kappa shape index (κ3) is 5.23. The Bertz CT molecular complexity index is 606. The van der Waals surface area contributed by atoms with Crippen molar-refractivity contribution in [2.75, 3.05) is 13.3 Å². The zero-order valence-electron chi connectivity index (χ0n) is 18.3. The number of imide groups is 1. The Balaban J connectivity index is 1.97. The summed E-state index contributed by atoms with van der Waals surface area (Å²) in [6.07, 6.45) is 0.682. The molecule has 0 bridgehead atoms. The van der Waals surface area contributed by atoms with Crippen molar-refractivity contribution in [1.82, 2.24) is 10.2 Å². The van der Waals surface area contributed by atoms with E-state index in [2.05, 4.69) is 11.9 Å². The first-order valence-electron chi connectivity index (χ1n) is 10.0. The number of carbonyl (C=O) groups excluding carboxylic acids is 2. The molecule has 1 N–H and O–H groups in total. The highest BCUT2D eigenvalue weighted by atomic mass is 16.7. The van der Waals surface area contributed by atoms with Crippen LogP contribution >= 0.6 is 0 Å². The van der Waals surface area contributed by atoms with E-state index in [0.29, 0.717) is 19.4 Å². The van der Waals surface area contributed by atoms with Crippen LogP contribution in [0.3, 0.4) is 0 Å². The fourth-order valence-corrected chi connectivity index (χ4v) is 3.31. The minimum atomic E-state index is -0.395. The minimum absolute atomic E-state index is 0.00879. The third-order valence-corrected chi connectivity index (χ3v) is 6.07. The molecule has 0 aromatic rings. The van der Waals surface area contributed by atoms with Crippen LogP contribution in [0.4, 0.5) is 0 Å². The van der Waals surface area contributed by atoms with Crippen molar-refractivity contribution in [3.05, 3.63) is 12.2 Å². The molecule has 3 atom stereocenters. The van der Waals surface area contributed by atoms with E-state index in [4.69, 9.17) is 14.0 Å². The smallest absolute Gasteiger partial charge is 0.403 e. The molecule has 2 amide bonds. The quantitative estimate of drug-likeness (QED) is 0.295. The first-order valence-corrected chi connectivity index (χ1v) is 10.0. The summed E-state index contributed by atoms with van der Waals surface area (Å²) in [6, 6.07) is -0.395. The van der Waals surface area contributed by atoms with Gasteiger partial charge >= 0.3 is 7.12 Å². The molecule has 2 saturated heterocycles. The molecular weight excluding hydrogens is 359 g/mol. The van der Waals surface area contributed by atoms with Gasteiger partial charge in [-0.15, -0.1) is 0 Å². The second-order valence-electron chi connectivity index (χ2n) is 9.16. The molecule has 8 heteroatoms. The van der Waals surface area contributed by atoms with Crippen LogP contribution in [0.25, 0.3) is 0 Å². The number of carbonyl (C=O) groups is 2. The standard InChI is InChI=1S/C20H35BN2O5/c1-13(2)11-23(16-9-10-17(24)22-18(16)25)12-26-15(4)14(3)21-27-19(5,6)20(7,8)28-21/h14-16H,1,9-12H2,2-8H3,(H,22,24,25)/t14-,15?,16?/m0/s1. The molecule has 0 aliphatic carbocycles. The number of ether oxygens (including phenoxy) is 1. The Morgan fingerprint density at radius 3 is 2.36 bits per heavy atom. The molecule has 0 radical (unpaired) electrons. The molecule has 2 aliphatic rings. The van der Waals surface area contributed by atoms with Crippen molar-refractivity contribution in [2.45, 2.75) is 90.5 Å². The van der Waals surface area contributed by atoms with Gasteiger partial charge in [0.2, 0.25) is 11.8 Å². The summed E-state index contributed by atoms with van der Waals surface area (Å²) >= 11 is 0. The molecule has 2 fully saturated rings. The highest BCUT2D eigenvalue weighted by molar-refractivity contribution is 6.47. The Labute approximate surface area is 169 Å². The van der Waals surface area contributed by atoms with E-state index in [-0.39, 0.29) is 48.8 Å². The zero-order valence-corrected chi connectivity index (χ0v) is 18.3. The van der Waals surface area contributed by atoms with Gasteiger partial charge in [0.05, 0.1) is 23.3 Å². The Kier molecular flexibility index (Phi) is 7.13. The van der Waals surface area contributed by atoms with E-state index in [0.717, 1.165) is 5.57 Å². The van der Waals surface area contributed by atoms with Gasteiger partial charge in [-0.1, -0.05) is 19.1 Å². The fourth-order valence-electron chi connectivity index (χ4n) is 3.31. The van der Waals surface area contributed by atoms with Crippen LogP contribution in [0, 0.1) is 0 Å². The Hall–Kier alpha value is -1.22. The van der Waals surface area contributed by atoms with Crippen LogP contribution < -0.4 is 5.32 Å². The van der Waals surface area contributed by atoms with Crippen LogP contribution in [0.15, 0.2) is 12.2 Å². The zero-order chi connectivity index (χ0) is 21.3. The Morgan fingerprint density at radius 2 is 1.86 bits per heavy atom. The number of amides is 2. The summed E-state index contributed by atoms with van der Waals surface area (Å²) < 4.78 is 18.4. The third-order valence-electron chi connectivity index (χ3n) is 6.07. The van der Waals surface area contributed by atoms with Gasteiger partial charge < -0.3 is 14.0 Å². The summed E-state index contributed by atoms with van der Waals surface area (Å²) in [5.74, 6) is -0.484. The number of hydrogen-bond donors (Lipinski definition) is 1. The Morgan fingerprint density at radius 1 is 1.29 bits per heavy atom. The summed E-state index contributed by atoms with van der Waals surface area (Å²) in [5.41, 5.74) is 0.161. The van der Waals surface area contributed by atoms with Gasteiger partial charge in [-0.05, 0) is 48.0 Å². The maximum atomic E-state index is 12.3. The number of rotatable bonds is 8. The highest BCUT2D eigenvalue weighted by Crippen LogP contribution is 2.40. The van der Waals surface area contributed by atoms with Crippen LogP contribution in [-0.4, -0.2) is 60.5 Å². The molecule has 28 heavy (non-hydrogen) atoms. The minimum Gasteiger partial charge on any atom is -0.403 e. The first kappa shape index (κ1) is 23.1. The van der Waals surface area contributed by atoms with Crippen LogP contribution in [0.1, 0.15) is 61.3 Å². The van der Waals surface area contributed by atoms with Gasteiger partial charge in [0.15, 0.2) is 0 Å². The lowest BCUT2D eigenvalue weighted by molar-refractivity contribution is -0.140. The normalized spacial score (nSPS) is 26.3. The molecule has 0 spiro atoms. The average Bonchev–Trinajstić information content (AvgIpc) is 2.78. The molecule has 2 aliphatic heterocycles. The lowest BCUT2D eigenvalue weighted by Crippen LogP contribution is -2.53. The number of hydrogen-bond acceptors (Lipinski definition) is 6. The molecule has 0 aromatic carbocycles. The molecule has 2 unspecified atom stereocenters. The molecule has 0 saturated carbocycles. The van der Waals surface area contributed by atoms with Gasteiger partial charge in [0.1, 0.15) is 6.73 Å². The summed E-state index contributed by atoms with van der Waals surface area (Å²) in [7, 11) is -0.356. The van der Waals surface area contributed by atoms with Gasteiger partial charge in [-0.25, -0.2) is 0 Å². The van der Waals surface area contributed by atoms with E-state index in [1.807, 2.05) is 53.4 Å². The van der Waals surface area contributed by atoms with E-state index < -0.39 is 6.04 Å². The van der Waals surface area contributed by atoms with Crippen molar-refractivity contribution in [3.63, 3.8) is 0 Å². The van der Waals surface area contributed by atoms with Gasteiger partial charge in [0, 0.05) is 18.8 Å². The largest absolute Gasteiger partial charge is 0.463 e. The average molecular weight is 394 g/mol. The first-order chi connectivity index (χ1) is 12.8. The highest BCUT2D eigenvalue weighted by Gasteiger charge is 2.53. The van der Waals surface area contributed by atoms with E-state index >= 15 is 0 Å². The van der Waals surface area contributed by atoms with E-state index in [1.165, 1.54) is 0 Å². The molecule has 158 valence electrons. The fraction of sp³-hybridized carbons (Fsp3) is 0.800. The predicted molar refractivity (Wildman–Crippen MR) is 109 cm³/mol. The van der Waals surface area contributed by atoms with E-state index in [1.54, 1.807) is 0 Å². The maximum absolute atomic E-state index is 12.3. The monoisotopic (exact) mass is 394 g/mol. The maximum Gasteiger partial charge on any atom is 0.463 e. The molecule has 7 nitrogen and oxygen atoms in total. The topological polar surface area (TPSA) is 77.1 Å². The summed E-state index contributed by atoms with van der Waals surface area (Å²) in [5, 5.41) is 2.41. The number of nitrogens with zero attached hydrogens (tertiary/aromatic N) is 1. The lowest BCUT2D eigenvalue weighted by atomic mass is 9.70. The van der Waals surface area contributed by atoms with Crippen molar-refractivity contribution >= 4 is 18.9 Å². The van der Waals surface area contributed by atoms with Crippen LogP contribution in [0.2, 0.25) is 5.82 Å². The summed E-state index contributed by atoms with van der Waals surface area (Å²) in [4.78, 5) is 25.6. The molecule has 2 heterocycles. The van der Waals surface area contributed by atoms with Crippen molar-refractivity contribution in [3.8, 4) is 0 Å². The van der Waals surface area contributed by atoms with Crippen molar-refractivity contribution < 1.29 is 23.6 Å². The van der Waals surface area contributed by atoms with Crippen LogP contribution in [-0.2, 0) is 23.6 Å². The van der Waals surface area contributed by atoms with Gasteiger partial charge in [0.25, 0.3) is 0 Å². The summed E-state index contributed by atoms with van der Waals surface area (Å²) in [6.45, 7) is 18.8. The molecule has 0 aromatic heterocycles. The van der Waals surface area contributed by atoms with Crippen molar-refractivity contribution in [1.29, 1.82) is 0 Å². The second-order valence-corrected chi connectivity index (χ2v) is 9.16. The van der Waals surface area contributed by atoms with E-state index in [9.17, 15) is 9.59 Å². The molecular formula is C20H35BN2O5. The van der Waals surface area contributed by atoms with Gasteiger partial charge in [-0.3, -0.25) is 19.8 Å². The van der Waals surface area contributed by atoms with Crippen molar-refractivity contribution in [2.24, 2.45) is 0 Å².